The number of hydrogen-bond donors (Lipinski definition) is 1. The molecule has 1 rings (SSSR count). The fraction of sp³-hybridized carbons (Fsp3) is 0.533. The Morgan fingerprint density at radius 1 is 1.42 bits per heavy atom. The summed E-state index contributed by atoms with van der Waals surface area (Å²) in [6.45, 7) is 8.39. The Kier molecular flexibility index (Phi) is 6.52. The summed E-state index contributed by atoms with van der Waals surface area (Å²) in [7, 11) is 0. The molecule has 0 radical (unpaired) electrons. The van der Waals surface area contributed by atoms with Gasteiger partial charge in [0.15, 0.2) is 0 Å². The van der Waals surface area contributed by atoms with Crippen molar-refractivity contribution in [3.63, 3.8) is 0 Å². The minimum absolute atomic E-state index is 0.229. The van der Waals surface area contributed by atoms with Gasteiger partial charge in [0, 0.05) is 10.5 Å². The summed E-state index contributed by atoms with van der Waals surface area (Å²) in [6, 6.07) is 5.81. The Balaban J connectivity index is 3.03. The normalized spacial score (nSPS) is 13.9. The van der Waals surface area contributed by atoms with Crippen LogP contribution in [0.3, 0.4) is 0 Å². The molecule has 0 saturated carbocycles. The highest BCUT2D eigenvalue weighted by Gasteiger charge is 2.25. The highest BCUT2D eigenvalue weighted by molar-refractivity contribution is 9.10. The van der Waals surface area contributed by atoms with Crippen molar-refractivity contribution in [3.05, 3.63) is 33.8 Å². The predicted molar refractivity (Wildman–Crippen MR) is 81.1 cm³/mol. The monoisotopic (exact) mass is 327 g/mol. The van der Waals surface area contributed by atoms with Gasteiger partial charge in [0.1, 0.15) is 6.04 Å². The Labute approximate surface area is 123 Å². The molecule has 3 nitrogen and oxygen atoms in total. The zero-order valence-electron chi connectivity index (χ0n) is 12.0. The van der Waals surface area contributed by atoms with E-state index in [4.69, 9.17) is 4.74 Å². The van der Waals surface area contributed by atoms with Gasteiger partial charge in [-0.1, -0.05) is 35.0 Å². The lowest BCUT2D eigenvalue weighted by molar-refractivity contribution is -0.146. The molecule has 2 unspecified atom stereocenters. The van der Waals surface area contributed by atoms with E-state index >= 15 is 0 Å². The highest BCUT2D eigenvalue weighted by Crippen LogP contribution is 2.26. The Morgan fingerprint density at radius 2 is 2.11 bits per heavy atom. The van der Waals surface area contributed by atoms with Crippen molar-refractivity contribution >= 4 is 21.9 Å². The molecule has 0 fully saturated rings. The second kappa shape index (κ2) is 7.65. The molecule has 0 heterocycles. The van der Waals surface area contributed by atoms with Crippen LogP contribution in [0, 0.1) is 6.92 Å². The summed E-state index contributed by atoms with van der Waals surface area (Å²) in [5.41, 5.74) is 2.08. The van der Waals surface area contributed by atoms with Gasteiger partial charge in [-0.25, -0.2) is 4.79 Å². The summed E-state index contributed by atoms with van der Waals surface area (Å²) in [6.07, 6.45) is 0.958. The molecule has 0 amide bonds. The molecule has 0 spiro atoms. The standard InChI is InChI=1S/C15H22BrNO2/c1-5-11(4)17-14(15(18)19-6-2)12-8-7-10(3)9-13(12)16/h7-9,11,14,17H,5-6H2,1-4H3. The van der Waals surface area contributed by atoms with Crippen LogP contribution >= 0.6 is 15.9 Å². The Morgan fingerprint density at radius 3 is 2.63 bits per heavy atom. The van der Waals surface area contributed by atoms with Crippen LogP contribution in [0.15, 0.2) is 22.7 Å². The molecule has 1 aromatic rings. The lowest BCUT2D eigenvalue weighted by Crippen LogP contribution is -2.36. The third-order valence-corrected chi connectivity index (χ3v) is 3.74. The number of aryl methyl sites for hydroxylation is 1. The summed E-state index contributed by atoms with van der Waals surface area (Å²) < 4.78 is 6.10. The Hall–Kier alpha value is -0.870. The molecule has 1 N–H and O–H groups in total. The zero-order valence-corrected chi connectivity index (χ0v) is 13.6. The molecule has 2 atom stereocenters. The average Bonchev–Trinajstić information content (AvgIpc) is 2.36. The van der Waals surface area contributed by atoms with Gasteiger partial charge >= 0.3 is 5.97 Å². The van der Waals surface area contributed by atoms with Gasteiger partial charge in [-0.2, -0.15) is 0 Å². The van der Waals surface area contributed by atoms with Gasteiger partial charge in [-0.05, 0) is 44.4 Å². The molecule has 0 bridgehead atoms. The Bertz CT molecular complexity index is 434. The maximum atomic E-state index is 12.1. The molecule has 0 aliphatic rings. The van der Waals surface area contributed by atoms with Crippen LogP contribution in [-0.4, -0.2) is 18.6 Å². The molecule has 106 valence electrons. The second-order valence-electron chi connectivity index (χ2n) is 4.69. The van der Waals surface area contributed by atoms with Crippen LogP contribution in [0.2, 0.25) is 0 Å². The third kappa shape index (κ3) is 4.62. The van der Waals surface area contributed by atoms with Gasteiger partial charge < -0.3 is 4.74 Å². The van der Waals surface area contributed by atoms with Crippen molar-refractivity contribution in [2.45, 2.75) is 46.2 Å². The number of esters is 1. The molecule has 19 heavy (non-hydrogen) atoms. The maximum absolute atomic E-state index is 12.1. The first kappa shape index (κ1) is 16.2. The van der Waals surface area contributed by atoms with Crippen LogP contribution in [-0.2, 0) is 9.53 Å². The summed E-state index contributed by atoms with van der Waals surface area (Å²) in [5.74, 6) is -0.229. The van der Waals surface area contributed by atoms with Gasteiger partial charge in [0.05, 0.1) is 6.61 Å². The number of benzene rings is 1. The molecule has 0 aliphatic carbocycles. The van der Waals surface area contributed by atoms with Crippen molar-refractivity contribution in [3.8, 4) is 0 Å². The number of carbonyl (C=O) groups is 1. The summed E-state index contributed by atoms with van der Waals surface area (Å²) in [4.78, 5) is 12.1. The largest absolute Gasteiger partial charge is 0.465 e. The molecule has 4 heteroatoms. The van der Waals surface area contributed by atoms with E-state index in [0.717, 1.165) is 22.0 Å². The first-order chi connectivity index (χ1) is 8.99. The van der Waals surface area contributed by atoms with Crippen LogP contribution < -0.4 is 5.32 Å². The maximum Gasteiger partial charge on any atom is 0.327 e. The molecular weight excluding hydrogens is 306 g/mol. The van der Waals surface area contributed by atoms with Gasteiger partial charge in [-0.15, -0.1) is 0 Å². The molecule has 0 aliphatic heterocycles. The third-order valence-electron chi connectivity index (χ3n) is 3.05. The van der Waals surface area contributed by atoms with E-state index in [9.17, 15) is 4.79 Å². The molecule has 1 aromatic carbocycles. The number of hydrogen-bond acceptors (Lipinski definition) is 3. The first-order valence-electron chi connectivity index (χ1n) is 6.68. The summed E-state index contributed by atoms with van der Waals surface area (Å²) in [5, 5.41) is 3.32. The van der Waals surface area contributed by atoms with Crippen LogP contribution in [0.25, 0.3) is 0 Å². The quantitative estimate of drug-likeness (QED) is 0.808. The highest BCUT2D eigenvalue weighted by atomic mass is 79.9. The smallest absolute Gasteiger partial charge is 0.327 e. The van der Waals surface area contributed by atoms with E-state index in [1.807, 2.05) is 32.0 Å². The molecular formula is C15H22BrNO2. The second-order valence-corrected chi connectivity index (χ2v) is 5.54. The number of halogens is 1. The first-order valence-corrected chi connectivity index (χ1v) is 7.47. The fourth-order valence-electron chi connectivity index (χ4n) is 1.78. The van der Waals surface area contributed by atoms with E-state index in [0.29, 0.717) is 6.61 Å². The zero-order chi connectivity index (χ0) is 14.4. The number of nitrogens with one attached hydrogen (secondary N) is 1. The van der Waals surface area contributed by atoms with E-state index in [-0.39, 0.29) is 12.0 Å². The number of carbonyl (C=O) groups excluding carboxylic acids is 1. The lowest BCUT2D eigenvalue weighted by Gasteiger charge is -2.22. The average molecular weight is 328 g/mol. The van der Waals surface area contributed by atoms with Crippen LogP contribution in [0.1, 0.15) is 44.4 Å². The number of ether oxygens (including phenoxy) is 1. The van der Waals surface area contributed by atoms with Crippen molar-refractivity contribution in [1.29, 1.82) is 0 Å². The molecule has 0 aromatic heterocycles. The van der Waals surface area contributed by atoms with Gasteiger partial charge in [0.25, 0.3) is 0 Å². The van der Waals surface area contributed by atoms with Crippen molar-refractivity contribution < 1.29 is 9.53 Å². The fourth-order valence-corrected chi connectivity index (χ4v) is 2.50. The minimum Gasteiger partial charge on any atom is -0.465 e. The van der Waals surface area contributed by atoms with E-state index in [1.54, 1.807) is 0 Å². The topological polar surface area (TPSA) is 38.3 Å². The van der Waals surface area contributed by atoms with Gasteiger partial charge in [0.2, 0.25) is 0 Å². The minimum atomic E-state index is -0.426. The van der Waals surface area contributed by atoms with Crippen molar-refractivity contribution in [1.82, 2.24) is 5.32 Å². The predicted octanol–water partition coefficient (Wildman–Crippen LogP) is 3.75. The van der Waals surface area contributed by atoms with Crippen LogP contribution in [0.4, 0.5) is 0 Å². The molecule has 0 saturated heterocycles. The van der Waals surface area contributed by atoms with Crippen LogP contribution in [0.5, 0.6) is 0 Å². The van der Waals surface area contributed by atoms with Crippen molar-refractivity contribution in [2.75, 3.05) is 6.61 Å². The number of rotatable bonds is 6. The summed E-state index contributed by atoms with van der Waals surface area (Å²) >= 11 is 3.53. The SMILES string of the molecule is CCOC(=O)C(NC(C)CC)c1ccc(C)cc1Br. The van der Waals surface area contributed by atoms with E-state index < -0.39 is 6.04 Å². The van der Waals surface area contributed by atoms with Crippen molar-refractivity contribution in [2.24, 2.45) is 0 Å². The lowest BCUT2D eigenvalue weighted by atomic mass is 10.0. The van der Waals surface area contributed by atoms with Gasteiger partial charge in [-0.3, -0.25) is 5.32 Å². The van der Waals surface area contributed by atoms with E-state index in [2.05, 4.69) is 35.1 Å². The van der Waals surface area contributed by atoms with E-state index in [1.165, 1.54) is 0 Å².